The summed E-state index contributed by atoms with van der Waals surface area (Å²) >= 11 is 3.56. The largest absolute Gasteiger partial charge is 0.354 e. The third-order valence-electron chi connectivity index (χ3n) is 3.43. The van der Waals surface area contributed by atoms with E-state index in [-0.39, 0.29) is 0 Å². The van der Waals surface area contributed by atoms with E-state index in [1.54, 1.807) is 11.3 Å². The predicted octanol–water partition coefficient (Wildman–Crippen LogP) is 2.47. The normalized spacial score (nSPS) is 13.1. The Morgan fingerprint density at radius 3 is 3.00 bits per heavy atom. The fourth-order valence-corrected chi connectivity index (χ4v) is 3.91. The van der Waals surface area contributed by atoms with Gasteiger partial charge < -0.3 is 10.6 Å². The molecule has 19 heavy (non-hydrogen) atoms. The minimum Gasteiger partial charge on any atom is -0.354 e. The summed E-state index contributed by atoms with van der Waals surface area (Å²) in [6.07, 6.45) is 6.24. The average molecular weight is 298 g/mol. The van der Waals surface area contributed by atoms with Crippen molar-refractivity contribution in [2.24, 2.45) is 5.73 Å². The molecule has 0 saturated carbocycles. The number of aromatic nitrogens is 2. The highest BCUT2D eigenvalue weighted by Crippen LogP contribution is 2.26. The van der Waals surface area contributed by atoms with E-state index in [9.17, 15) is 0 Å². The second-order valence-electron chi connectivity index (χ2n) is 4.60. The molecule has 2 rings (SSSR count). The molecular formula is C13H22N4S2. The molecule has 0 amide bonds. The van der Waals surface area contributed by atoms with E-state index in [2.05, 4.69) is 41.1 Å². The number of hydrogen-bond acceptors (Lipinski definition) is 5. The van der Waals surface area contributed by atoms with Crippen LogP contribution in [0.2, 0.25) is 0 Å². The molecule has 2 heterocycles. The van der Waals surface area contributed by atoms with E-state index in [0.29, 0.717) is 12.6 Å². The standard InChI is InChI=1S/C13H22N4S2/c1-4-10(9-18-3)16(2)12-11(5-6-14)17-7-8-19-13(17)15-12/h7-8,10H,4-6,9,14H2,1-3H3. The van der Waals surface area contributed by atoms with Crippen molar-refractivity contribution in [2.75, 3.05) is 30.5 Å². The Balaban J connectivity index is 2.36. The lowest BCUT2D eigenvalue weighted by atomic mass is 10.2. The van der Waals surface area contributed by atoms with Crippen molar-refractivity contribution < 1.29 is 0 Å². The van der Waals surface area contributed by atoms with Gasteiger partial charge in [0.05, 0.1) is 5.69 Å². The van der Waals surface area contributed by atoms with E-state index in [1.807, 2.05) is 11.8 Å². The number of anilines is 1. The van der Waals surface area contributed by atoms with E-state index < -0.39 is 0 Å². The van der Waals surface area contributed by atoms with Crippen LogP contribution in [-0.2, 0) is 6.42 Å². The van der Waals surface area contributed by atoms with Crippen LogP contribution in [0, 0.1) is 0 Å². The van der Waals surface area contributed by atoms with Gasteiger partial charge in [0.25, 0.3) is 0 Å². The number of thioether (sulfide) groups is 1. The minimum atomic E-state index is 0.524. The molecule has 2 aromatic heterocycles. The lowest BCUT2D eigenvalue weighted by Gasteiger charge is -2.27. The fourth-order valence-electron chi connectivity index (χ4n) is 2.34. The first-order valence-corrected chi connectivity index (χ1v) is 8.86. The van der Waals surface area contributed by atoms with Gasteiger partial charge in [-0.1, -0.05) is 6.92 Å². The third-order valence-corrected chi connectivity index (χ3v) is 4.91. The highest BCUT2D eigenvalue weighted by Gasteiger charge is 2.20. The van der Waals surface area contributed by atoms with Crippen molar-refractivity contribution in [2.45, 2.75) is 25.8 Å². The van der Waals surface area contributed by atoms with E-state index in [4.69, 9.17) is 10.7 Å². The van der Waals surface area contributed by atoms with Gasteiger partial charge in [0.15, 0.2) is 10.8 Å². The number of imidazole rings is 1. The Kier molecular flexibility index (Phi) is 5.13. The fraction of sp³-hybridized carbons (Fsp3) is 0.615. The van der Waals surface area contributed by atoms with Crippen LogP contribution in [0.5, 0.6) is 0 Å². The maximum absolute atomic E-state index is 5.76. The molecule has 0 saturated heterocycles. The SMILES string of the molecule is CCC(CSC)N(C)c1nc2sccn2c1CCN. The molecule has 2 N–H and O–H groups in total. The lowest BCUT2D eigenvalue weighted by Crippen LogP contribution is -2.34. The first kappa shape index (κ1) is 14.7. The molecular weight excluding hydrogens is 276 g/mol. The zero-order valence-electron chi connectivity index (χ0n) is 11.8. The predicted molar refractivity (Wildman–Crippen MR) is 86.7 cm³/mol. The Labute approximate surface area is 123 Å². The molecule has 0 aromatic carbocycles. The van der Waals surface area contributed by atoms with Crippen LogP contribution < -0.4 is 10.6 Å². The third kappa shape index (κ3) is 2.90. The summed E-state index contributed by atoms with van der Waals surface area (Å²) in [4.78, 5) is 8.17. The second kappa shape index (κ2) is 6.63. The summed E-state index contributed by atoms with van der Waals surface area (Å²) in [5.41, 5.74) is 6.99. The van der Waals surface area contributed by atoms with Gasteiger partial charge >= 0.3 is 0 Å². The van der Waals surface area contributed by atoms with E-state index >= 15 is 0 Å². The van der Waals surface area contributed by atoms with Crippen molar-refractivity contribution in [3.8, 4) is 0 Å². The molecule has 0 aliphatic carbocycles. The van der Waals surface area contributed by atoms with Crippen molar-refractivity contribution in [1.29, 1.82) is 0 Å². The van der Waals surface area contributed by atoms with Gasteiger partial charge in [-0.05, 0) is 19.2 Å². The van der Waals surface area contributed by atoms with Crippen LogP contribution in [-0.4, -0.2) is 41.0 Å². The highest BCUT2D eigenvalue weighted by atomic mass is 32.2. The summed E-state index contributed by atoms with van der Waals surface area (Å²) in [6.45, 7) is 2.89. The number of rotatable bonds is 7. The first-order valence-electron chi connectivity index (χ1n) is 6.59. The van der Waals surface area contributed by atoms with Crippen LogP contribution in [0.4, 0.5) is 5.82 Å². The molecule has 0 aliphatic heterocycles. The quantitative estimate of drug-likeness (QED) is 0.853. The first-order chi connectivity index (χ1) is 9.22. The Morgan fingerprint density at radius 2 is 2.37 bits per heavy atom. The summed E-state index contributed by atoms with van der Waals surface area (Å²) in [7, 11) is 2.15. The van der Waals surface area contributed by atoms with Gasteiger partial charge in [0, 0.05) is 36.8 Å². The number of thiazole rings is 1. The van der Waals surface area contributed by atoms with Crippen LogP contribution in [0.25, 0.3) is 4.96 Å². The topological polar surface area (TPSA) is 46.6 Å². The highest BCUT2D eigenvalue weighted by molar-refractivity contribution is 7.98. The number of fused-ring (bicyclic) bond motifs is 1. The van der Waals surface area contributed by atoms with Crippen molar-refractivity contribution >= 4 is 33.9 Å². The summed E-state index contributed by atoms with van der Waals surface area (Å²) < 4.78 is 2.18. The van der Waals surface area contributed by atoms with Gasteiger partial charge in [-0.2, -0.15) is 11.8 Å². The van der Waals surface area contributed by atoms with Crippen LogP contribution >= 0.6 is 23.1 Å². The molecule has 1 atom stereocenters. The number of nitrogens with zero attached hydrogens (tertiary/aromatic N) is 3. The molecule has 0 bridgehead atoms. The van der Waals surface area contributed by atoms with E-state index in [1.165, 1.54) is 5.69 Å². The van der Waals surface area contributed by atoms with Crippen LogP contribution in [0.3, 0.4) is 0 Å². The average Bonchev–Trinajstić information content (AvgIpc) is 2.98. The van der Waals surface area contributed by atoms with Crippen LogP contribution in [0.15, 0.2) is 11.6 Å². The molecule has 1 unspecified atom stereocenters. The zero-order chi connectivity index (χ0) is 13.8. The maximum atomic E-state index is 5.76. The Hall–Kier alpha value is -0.720. The molecule has 2 aromatic rings. The van der Waals surface area contributed by atoms with Gasteiger partial charge in [0.2, 0.25) is 0 Å². The van der Waals surface area contributed by atoms with Crippen molar-refractivity contribution in [3.63, 3.8) is 0 Å². The summed E-state index contributed by atoms with van der Waals surface area (Å²) in [5, 5.41) is 2.07. The van der Waals surface area contributed by atoms with E-state index in [0.717, 1.165) is 29.4 Å². The Bertz CT molecular complexity index is 520. The lowest BCUT2D eigenvalue weighted by molar-refractivity contribution is 0.663. The number of nitrogens with two attached hydrogens (primary N) is 1. The van der Waals surface area contributed by atoms with Gasteiger partial charge in [-0.25, -0.2) is 4.98 Å². The number of hydrogen-bond donors (Lipinski definition) is 1. The monoisotopic (exact) mass is 298 g/mol. The second-order valence-corrected chi connectivity index (χ2v) is 6.39. The Morgan fingerprint density at radius 1 is 1.58 bits per heavy atom. The molecule has 6 heteroatoms. The smallest absolute Gasteiger partial charge is 0.195 e. The maximum Gasteiger partial charge on any atom is 0.195 e. The van der Waals surface area contributed by atoms with Gasteiger partial charge in [-0.15, -0.1) is 11.3 Å². The molecule has 4 nitrogen and oxygen atoms in total. The molecule has 106 valence electrons. The van der Waals surface area contributed by atoms with Gasteiger partial charge in [0.1, 0.15) is 0 Å². The zero-order valence-corrected chi connectivity index (χ0v) is 13.4. The molecule has 0 aliphatic rings. The van der Waals surface area contributed by atoms with Crippen molar-refractivity contribution in [1.82, 2.24) is 9.38 Å². The summed E-state index contributed by atoms with van der Waals surface area (Å²) in [5.74, 6) is 2.22. The summed E-state index contributed by atoms with van der Waals surface area (Å²) in [6, 6.07) is 0.524. The minimum absolute atomic E-state index is 0.524. The van der Waals surface area contributed by atoms with Crippen LogP contribution in [0.1, 0.15) is 19.0 Å². The molecule has 0 spiro atoms. The molecule has 0 fully saturated rings. The van der Waals surface area contributed by atoms with Crippen molar-refractivity contribution in [3.05, 3.63) is 17.3 Å². The molecule has 0 radical (unpaired) electrons. The van der Waals surface area contributed by atoms with Gasteiger partial charge in [-0.3, -0.25) is 4.40 Å².